The zero-order valence-electron chi connectivity index (χ0n) is 6.34. The number of aryl methyl sites for hydroxylation is 1. The van der Waals surface area contributed by atoms with Gasteiger partial charge in [-0.05, 0) is 0 Å². The molecule has 0 saturated carbocycles. The lowest BCUT2D eigenvalue weighted by molar-refractivity contribution is 0.496. The Hall–Kier alpha value is -1.32. The second-order valence-electron chi connectivity index (χ2n) is 2.42. The lowest BCUT2D eigenvalue weighted by Crippen LogP contribution is -2.01. The molecule has 1 heterocycles. The third-order valence-electron chi connectivity index (χ3n) is 1.35. The van der Waals surface area contributed by atoms with Gasteiger partial charge in [-0.2, -0.15) is 9.49 Å². The fourth-order valence-corrected chi connectivity index (χ4v) is 0.831. The third kappa shape index (κ3) is 1.58. The van der Waals surface area contributed by atoms with Gasteiger partial charge in [-0.25, -0.2) is 4.68 Å². The molecule has 0 unspecified atom stereocenters. The van der Waals surface area contributed by atoms with Crippen molar-refractivity contribution < 1.29 is 4.39 Å². The monoisotopic (exact) mass is 155 g/mol. The predicted molar refractivity (Wildman–Crippen MR) is 40.2 cm³/mol. The summed E-state index contributed by atoms with van der Waals surface area (Å²) >= 11 is 0. The van der Waals surface area contributed by atoms with Crippen molar-refractivity contribution in [3.63, 3.8) is 0 Å². The highest BCUT2D eigenvalue weighted by Crippen LogP contribution is 2.07. The number of hydrogen-bond donors (Lipinski definition) is 1. The molecule has 3 nitrogen and oxygen atoms in total. The predicted octanol–water partition coefficient (Wildman–Crippen LogP) is 0.574. The van der Waals surface area contributed by atoms with Gasteiger partial charge in [0.05, 0.1) is 6.20 Å². The molecule has 0 amide bonds. The minimum Gasteiger partial charge on any atom is -0.402 e. The lowest BCUT2D eigenvalue weighted by Gasteiger charge is -1.95. The Labute approximate surface area is 64.3 Å². The number of nitrogens with two attached hydrogens (primary N) is 1. The molecule has 0 saturated heterocycles. The molecule has 0 spiro atoms. The molecule has 0 aliphatic rings. The molecular weight excluding hydrogens is 145 g/mol. The van der Waals surface area contributed by atoms with Crippen LogP contribution in [-0.2, 0) is 13.5 Å². The van der Waals surface area contributed by atoms with Crippen molar-refractivity contribution in [2.45, 2.75) is 6.42 Å². The first-order valence-electron chi connectivity index (χ1n) is 3.21. The molecule has 0 aliphatic heterocycles. The van der Waals surface area contributed by atoms with Gasteiger partial charge >= 0.3 is 0 Å². The molecule has 0 radical (unpaired) electrons. The molecule has 1 aromatic heterocycles. The van der Waals surface area contributed by atoms with Gasteiger partial charge in [0, 0.05) is 24.7 Å². The fourth-order valence-electron chi connectivity index (χ4n) is 0.831. The van der Waals surface area contributed by atoms with Crippen molar-refractivity contribution in [3.05, 3.63) is 30.0 Å². The molecule has 11 heavy (non-hydrogen) atoms. The third-order valence-corrected chi connectivity index (χ3v) is 1.35. The van der Waals surface area contributed by atoms with Crippen LogP contribution in [0.5, 0.6) is 0 Å². The van der Waals surface area contributed by atoms with Crippen LogP contribution in [0.25, 0.3) is 0 Å². The summed E-state index contributed by atoms with van der Waals surface area (Å²) in [6.07, 6.45) is 1.80. The van der Waals surface area contributed by atoms with Gasteiger partial charge in [0.2, 0.25) is 5.95 Å². The van der Waals surface area contributed by atoms with Crippen molar-refractivity contribution in [2.75, 3.05) is 0 Å². The van der Waals surface area contributed by atoms with Crippen LogP contribution in [0.1, 0.15) is 5.56 Å². The van der Waals surface area contributed by atoms with Crippen LogP contribution in [0.4, 0.5) is 4.39 Å². The SMILES string of the molecule is C=C(N)Cc1cnn(C)c1F. The zero-order chi connectivity index (χ0) is 8.43. The van der Waals surface area contributed by atoms with Crippen LogP contribution >= 0.6 is 0 Å². The Morgan fingerprint density at radius 2 is 2.55 bits per heavy atom. The van der Waals surface area contributed by atoms with E-state index >= 15 is 0 Å². The highest BCUT2D eigenvalue weighted by atomic mass is 19.1. The van der Waals surface area contributed by atoms with E-state index in [4.69, 9.17) is 5.73 Å². The summed E-state index contributed by atoms with van der Waals surface area (Å²) in [5.74, 6) is -0.350. The minimum atomic E-state index is -0.350. The molecule has 0 aliphatic carbocycles. The van der Waals surface area contributed by atoms with Crippen molar-refractivity contribution in [2.24, 2.45) is 12.8 Å². The standard InChI is InChI=1S/C7H10FN3/c1-5(9)3-6-4-10-11(2)7(6)8/h4H,1,3,9H2,2H3. The van der Waals surface area contributed by atoms with E-state index in [0.29, 0.717) is 17.7 Å². The van der Waals surface area contributed by atoms with Crippen molar-refractivity contribution in [1.29, 1.82) is 0 Å². The maximum absolute atomic E-state index is 12.9. The van der Waals surface area contributed by atoms with E-state index in [2.05, 4.69) is 11.7 Å². The van der Waals surface area contributed by atoms with Gasteiger partial charge in [-0.1, -0.05) is 6.58 Å². The van der Waals surface area contributed by atoms with E-state index in [1.165, 1.54) is 13.2 Å². The maximum atomic E-state index is 12.9. The molecule has 60 valence electrons. The lowest BCUT2D eigenvalue weighted by atomic mass is 10.2. The first-order chi connectivity index (χ1) is 5.11. The molecule has 1 aromatic rings. The van der Waals surface area contributed by atoms with Crippen LogP contribution in [0.15, 0.2) is 18.5 Å². The molecule has 2 N–H and O–H groups in total. The first-order valence-corrected chi connectivity index (χ1v) is 3.21. The number of nitrogens with zero attached hydrogens (tertiary/aromatic N) is 2. The van der Waals surface area contributed by atoms with E-state index < -0.39 is 0 Å². The van der Waals surface area contributed by atoms with Crippen LogP contribution in [0.3, 0.4) is 0 Å². The van der Waals surface area contributed by atoms with Crippen molar-refractivity contribution in [3.8, 4) is 0 Å². The van der Waals surface area contributed by atoms with E-state index in [1.54, 1.807) is 0 Å². The summed E-state index contributed by atoms with van der Waals surface area (Å²) in [6, 6.07) is 0. The van der Waals surface area contributed by atoms with Crippen molar-refractivity contribution >= 4 is 0 Å². The molecular formula is C7H10FN3. The summed E-state index contributed by atoms with van der Waals surface area (Å²) in [5, 5.41) is 3.71. The average molecular weight is 155 g/mol. The normalized spacial score (nSPS) is 10.0. The van der Waals surface area contributed by atoms with E-state index in [9.17, 15) is 4.39 Å². The minimum absolute atomic E-state index is 0.347. The molecule has 1 rings (SSSR count). The Kier molecular flexibility index (Phi) is 1.94. The second-order valence-corrected chi connectivity index (χ2v) is 2.42. The summed E-state index contributed by atoms with van der Waals surface area (Å²) in [7, 11) is 1.54. The largest absolute Gasteiger partial charge is 0.402 e. The summed E-state index contributed by atoms with van der Waals surface area (Å²) < 4.78 is 14.1. The molecule has 0 atom stereocenters. The van der Waals surface area contributed by atoms with E-state index in [0.717, 1.165) is 4.68 Å². The quantitative estimate of drug-likeness (QED) is 0.678. The zero-order valence-corrected chi connectivity index (χ0v) is 6.34. The number of aromatic nitrogens is 2. The van der Waals surface area contributed by atoms with Gasteiger partial charge < -0.3 is 5.73 Å². The van der Waals surface area contributed by atoms with Gasteiger partial charge in [0.25, 0.3) is 0 Å². The molecule has 0 aromatic carbocycles. The van der Waals surface area contributed by atoms with Crippen LogP contribution in [-0.4, -0.2) is 9.78 Å². The number of halogens is 1. The highest BCUT2D eigenvalue weighted by Gasteiger charge is 2.06. The summed E-state index contributed by atoms with van der Waals surface area (Å²) in [5.41, 5.74) is 6.23. The number of allylic oxidation sites excluding steroid dienone is 1. The number of rotatable bonds is 2. The van der Waals surface area contributed by atoms with Gasteiger partial charge in [0.15, 0.2) is 0 Å². The van der Waals surface area contributed by atoms with Crippen LogP contribution < -0.4 is 5.73 Å². The topological polar surface area (TPSA) is 43.8 Å². The van der Waals surface area contributed by atoms with Crippen LogP contribution in [0, 0.1) is 5.95 Å². The van der Waals surface area contributed by atoms with E-state index in [1.807, 2.05) is 0 Å². The Morgan fingerprint density at radius 3 is 2.91 bits per heavy atom. The smallest absolute Gasteiger partial charge is 0.214 e. The molecule has 0 fully saturated rings. The van der Waals surface area contributed by atoms with Gasteiger partial charge in [-0.3, -0.25) is 0 Å². The van der Waals surface area contributed by atoms with Crippen molar-refractivity contribution in [1.82, 2.24) is 9.78 Å². The highest BCUT2D eigenvalue weighted by molar-refractivity contribution is 5.13. The van der Waals surface area contributed by atoms with Crippen LogP contribution in [0.2, 0.25) is 0 Å². The summed E-state index contributed by atoms with van der Waals surface area (Å²) in [4.78, 5) is 0. The Balaban J connectivity index is 2.87. The van der Waals surface area contributed by atoms with Gasteiger partial charge in [0.1, 0.15) is 0 Å². The summed E-state index contributed by atoms with van der Waals surface area (Å²) in [6.45, 7) is 3.47. The van der Waals surface area contributed by atoms with Gasteiger partial charge in [-0.15, -0.1) is 0 Å². The molecule has 4 heteroatoms. The first kappa shape index (κ1) is 7.78. The fraction of sp³-hybridized carbons (Fsp3) is 0.286. The second kappa shape index (κ2) is 2.74. The molecule has 0 bridgehead atoms. The Bertz CT molecular complexity index is 277. The maximum Gasteiger partial charge on any atom is 0.214 e. The van der Waals surface area contributed by atoms with E-state index in [-0.39, 0.29) is 5.95 Å². The number of hydrogen-bond acceptors (Lipinski definition) is 2. The average Bonchev–Trinajstić information content (AvgIpc) is 2.18. The Morgan fingerprint density at radius 1 is 1.91 bits per heavy atom.